The fourth-order valence-corrected chi connectivity index (χ4v) is 5.93. The standard InChI is InChI=1S/C30H33FN4O6S/c1-39-21-11-10-20(23(15-21)40-2)16-32-25(36)24-27(34-28(37)30(18-31)12-13-30)42-26(33-24)22-9-6-14-35(22)29(38)41-17-19-7-4-3-5-8-19/h3-5,7-8,10-11,15,22H,6,9,12-14,16-18H2,1-2H3,(H,32,36)(H,34,37)/t22-/m1/s1. The Morgan fingerprint density at radius 1 is 1.12 bits per heavy atom. The molecule has 0 spiro atoms. The Morgan fingerprint density at radius 2 is 1.90 bits per heavy atom. The van der Waals surface area contributed by atoms with Crippen LogP contribution >= 0.6 is 11.3 Å². The van der Waals surface area contributed by atoms with Crippen molar-refractivity contribution in [1.82, 2.24) is 15.2 Å². The summed E-state index contributed by atoms with van der Waals surface area (Å²) < 4.78 is 29.9. The van der Waals surface area contributed by atoms with E-state index < -0.39 is 36.0 Å². The molecule has 1 aromatic heterocycles. The molecule has 1 saturated carbocycles. The van der Waals surface area contributed by atoms with Crippen molar-refractivity contribution in [2.45, 2.75) is 44.9 Å². The van der Waals surface area contributed by atoms with Crippen molar-refractivity contribution < 1.29 is 33.0 Å². The Balaban J connectivity index is 1.35. The Morgan fingerprint density at radius 3 is 2.60 bits per heavy atom. The van der Waals surface area contributed by atoms with E-state index >= 15 is 0 Å². The normalized spacial score (nSPS) is 16.9. The molecule has 2 N–H and O–H groups in total. The summed E-state index contributed by atoms with van der Waals surface area (Å²) in [6, 6.07) is 14.2. The minimum atomic E-state index is -1.06. The molecule has 12 heteroatoms. The van der Waals surface area contributed by atoms with Gasteiger partial charge in [-0.15, -0.1) is 0 Å². The zero-order valence-corrected chi connectivity index (χ0v) is 24.3. The van der Waals surface area contributed by atoms with Crippen molar-refractivity contribution in [3.63, 3.8) is 0 Å². The van der Waals surface area contributed by atoms with Gasteiger partial charge in [0.2, 0.25) is 5.91 Å². The average Bonchev–Trinajstić information content (AvgIpc) is 3.48. The van der Waals surface area contributed by atoms with Gasteiger partial charge in [0.05, 0.1) is 25.7 Å². The predicted molar refractivity (Wildman–Crippen MR) is 154 cm³/mol. The highest BCUT2D eigenvalue weighted by molar-refractivity contribution is 7.16. The number of ether oxygens (including phenoxy) is 3. The lowest BCUT2D eigenvalue weighted by atomic mass is 10.1. The molecule has 1 atom stereocenters. The van der Waals surface area contributed by atoms with E-state index in [0.29, 0.717) is 47.9 Å². The quantitative estimate of drug-likeness (QED) is 0.310. The number of amides is 3. The molecule has 5 rings (SSSR count). The maximum absolute atomic E-state index is 13.6. The number of hydrogen-bond donors (Lipinski definition) is 2. The molecule has 1 saturated heterocycles. The zero-order valence-electron chi connectivity index (χ0n) is 23.5. The van der Waals surface area contributed by atoms with Gasteiger partial charge < -0.3 is 24.8 Å². The number of alkyl halides is 1. The molecule has 2 fully saturated rings. The molecule has 1 aliphatic heterocycles. The number of carbonyl (C=O) groups excluding carboxylic acids is 3. The van der Waals surface area contributed by atoms with Crippen LogP contribution in [0.4, 0.5) is 14.2 Å². The number of rotatable bonds is 11. The predicted octanol–water partition coefficient (Wildman–Crippen LogP) is 5.25. The van der Waals surface area contributed by atoms with Crippen molar-refractivity contribution in [3.05, 3.63) is 70.4 Å². The van der Waals surface area contributed by atoms with E-state index in [-0.39, 0.29) is 23.8 Å². The van der Waals surface area contributed by atoms with Crippen molar-refractivity contribution in [2.75, 3.05) is 32.8 Å². The molecule has 0 radical (unpaired) electrons. The number of benzene rings is 2. The molecule has 2 aromatic carbocycles. The van der Waals surface area contributed by atoms with Gasteiger partial charge in [0.1, 0.15) is 34.8 Å². The molecule has 3 aromatic rings. The van der Waals surface area contributed by atoms with E-state index in [1.165, 1.54) is 7.11 Å². The Hall–Kier alpha value is -4.19. The van der Waals surface area contributed by atoms with Crippen molar-refractivity contribution >= 4 is 34.2 Å². The molecular formula is C30H33FN4O6S. The van der Waals surface area contributed by atoms with Gasteiger partial charge >= 0.3 is 6.09 Å². The fraction of sp³-hybridized carbons (Fsp3) is 0.400. The van der Waals surface area contributed by atoms with E-state index in [1.807, 2.05) is 30.3 Å². The van der Waals surface area contributed by atoms with Crippen LogP contribution in [0.15, 0.2) is 48.5 Å². The lowest BCUT2D eigenvalue weighted by Crippen LogP contribution is -2.31. The van der Waals surface area contributed by atoms with Gasteiger partial charge in [-0.1, -0.05) is 41.7 Å². The molecular weight excluding hydrogens is 563 g/mol. The first-order valence-electron chi connectivity index (χ1n) is 13.7. The van der Waals surface area contributed by atoms with Gasteiger partial charge in [-0.3, -0.25) is 14.5 Å². The number of likely N-dealkylation sites (tertiary alicyclic amines) is 1. The number of nitrogens with zero attached hydrogens (tertiary/aromatic N) is 2. The van der Waals surface area contributed by atoms with E-state index in [4.69, 9.17) is 14.2 Å². The van der Waals surface area contributed by atoms with Crippen LogP contribution in [0.25, 0.3) is 0 Å². The minimum Gasteiger partial charge on any atom is -0.497 e. The third kappa shape index (κ3) is 6.33. The molecule has 0 bridgehead atoms. The number of nitrogens with one attached hydrogen (secondary N) is 2. The highest BCUT2D eigenvalue weighted by Crippen LogP contribution is 2.47. The van der Waals surface area contributed by atoms with Crippen LogP contribution in [0.2, 0.25) is 0 Å². The number of aromatic nitrogens is 1. The molecule has 3 amide bonds. The van der Waals surface area contributed by atoms with Crippen LogP contribution in [-0.2, 0) is 22.7 Å². The molecule has 2 heterocycles. The Kier molecular flexibility index (Phi) is 8.91. The average molecular weight is 597 g/mol. The minimum absolute atomic E-state index is 0.00925. The van der Waals surface area contributed by atoms with Crippen LogP contribution < -0.4 is 20.1 Å². The number of thiazole rings is 1. The Bertz CT molecular complexity index is 1440. The number of hydrogen-bond acceptors (Lipinski definition) is 8. The van der Waals surface area contributed by atoms with E-state index in [9.17, 15) is 18.8 Å². The summed E-state index contributed by atoms with van der Waals surface area (Å²) in [5.41, 5.74) is 0.532. The summed E-state index contributed by atoms with van der Waals surface area (Å²) in [4.78, 5) is 45.6. The maximum Gasteiger partial charge on any atom is 0.410 e. The van der Waals surface area contributed by atoms with Gasteiger partial charge in [-0.2, -0.15) is 0 Å². The lowest BCUT2D eigenvalue weighted by molar-refractivity contribution is -0.121. The molecule has 0 unspecified atom stereocenters. The number of carbonyl (C=O) groups is 3. The maximum atomic E-state index is 13.6. The van der Waals surface area contributed by atoms with Crippen molar-refractivity contribution in [1.29, 1.82) is 0 Å². The smallest absolute Gasteiger partial charge is 0.410 e. The summed E-state index contributed by atoms with van der Waals surface area (Å²) in [5.74, 6) is 0.154. The first-order valence-corrected chi connectivity index (χ1v) is 14.5. The van der Waals surface area contributed by atoms with Crippen molar-refractivity contribution in [3.8, 4) is 11.5 Å². The summed E-state index contributed by atoms with van der Waals surface area (Å²) in [7, 11) is 3.08. The number of halogens is 1. The van der Waals surface area contributed by atoms with Crippen molar-refractivity contribution in [2.24, 2.45) is 5.41 Å². The van der Waals surface area contributed by atoms with Gasteiger partial charge in [-0.05, 0) is 43.4 Å². The molecule has 1 aliphatic carbocycles. The first-order chi connectivity index (χ1) is 20.4. The highest BCUT2D eigenvalue weighted by atomic mass is 32.1. The Labute approximate surface area is 247 Å². The zero-order chi connectivity index (χ0) is 29.7. The van der Waals surface area contributed by atoms with Crippen LogP contribution in [0.1, 0.15) is 58.3 Å². The van der Waals surface area contributed by atoms with Gasteiger partial charge in [0, 0.05) is 24.7 Å². The summed E-state index contributed by atoms with van der Waals surface area (Å²) in [5, 5.41) is 6.31. The number of anilines is 1. The van der Waals surface area contributed by atoms with Crippen LogP contribution in [0.3, 0.4) is 0 Å². The van der Waals surface area contributed by atoms with Crippen LogP contribution in [-0.4, -0.2) is 55.2 Å². The molecule has 42 heavy (non-hydrogen) atoms. The second-order valence-electron chi connectivity index (χ2n) is 10.3. The molecule has 222 valence electrons. The highest BCUT2D eigenvalue weighted by Gasteiger charge is 2.50. The number of methoxy groups -OCH3 is 2. The van der Waals surface area contributed by atoms with Gasteiger partial charge in [-0.25, -0.2) is 14.2 Å². The summed E-state index contributed by atoms with van der Waals surface area (Å²) >= 11 is 1.12. The van der Waals surface area contributed by atoms with E-state index in [2.05, 4.69) is 15.6 Å². The largest absolute Gasteiger partial charge is 0.497 e. The first kappa shape index (κ1) is 29.3. The summed E-state index contributed by atoms with van der Waals surface area (Å²) in [6.07, 6.45) is 1.78. The molecule has 10 nitrogen and oxygen atoms in total. The van der Waals surface area contributed by atoms with Crippen LogP contribution in [0, 0.1) is 5.41 Å². The van der Waals surface area contributed by atoms with Crippen LogP contribution in [0.5, 0.6) is 11.5 Å². The monoisotopic (exact) mass is 596 g/mol. The second-order valence-corrected chi connectivity index (χ2v) is 11.4. The SMILES string of the molecule is COc1ccc(CNC(=O)c2nc([C@H]3CCCN3C(=O)OCc3ccccc3)sc2NC(=O)C2(CF)CC2)c(OC)c1. The second kappa shape index (κ2) is 12.8. The van der Waals surface area contributed by atoms with E-state index in [1.54, 1.807) is 30.2 Å². The van der Waals surface area contributed by atoms with Gasteiger partial charge in [0.15, 0.2) is 5.69 Å². The van der Waals surface area contributed by atoms with Gasteiger partial charge in [0.25, 0.3) is 5.91 Å². The summed E-state index contributed by atoms with van der Waals surface area (Å²) in [6.45, 7) is -0.0336. The topological polar surface area (TPSA) is 119 Å². The lowest BCUT2D eigenvalue weighted by Gasteiger charge is -2.22. The fourth-order valence-electron chi connectivity index (χ4n) is 4.83. The molecule has 2 aliphatic rings. The van der Waals surface area contributed by atoms with E-state index in [0.717, 1.165) is 23.3 Å². The third-order valence-corrected chi connectivity index (χ3v) is 8.66. The third-order valence-electron chi connectivity index (χ3n) is 7.59.